The van der Waals surface area contributed by atoms with Gasteiger partial charge in [0.15, 0.2) is 11.5 Å². The molecule has 7 rings (SSSR count). The zero-order valence-electron chi connectivity index (χ0n) is 18.9. The summed E-state index contributed by atoms with van der Waals surface area (Å²) in [5.74, 6) is -2.22. The number of aliphatic carboxylic acids is 1. The summed E-state index contributed by atoms with van der Waals surface area (Å²) >= 11 is 0. The van der Waals surface area contributed by atoms with Gasteiger partial charge in [0.1, 0.15) is 17.5 Å². The first-order chi connectivity index (χ1) is 16.8. The average Bonchev–Trinajstić information content (AvgIpc) is 3.44. The Bertz CT molecular complexity index is 1500. The number of aromatic nitrogens is 4. The Morgan fingerprint density at radius 1 is 1.11 bits per heavy atom. The van der Waals surface area contributed by atoms with Gasteiger partial charge in [-0.1, -0.05) is 0 Å². The quantitative estimate of drug-likeness (QED) is 0.387. The summed E-state index contributed by atoms with van der Waals surface area (Å²) in [5, 5.41) is 14.2. The second-order valence-corrected chi connectivity index (χ2v) is 9.56. The highest BCUT2D eigenvalue weighted by Gasteiger charge is 2.47. The zero-order chi connectivity index (χ0) is 24.4. The largest absolute Gasteiger partial charge is 0.481 e. The van der Waals surface area contributed by atoms with E-state index in [1.54, 1.807) is 12.3 Å². The third kappa shape index (κ3) is 3.38. The van der Waals surface area contributed by atoms with E-state index in [1.807, 2.05) is 0 Å². The van der Waals surface area contributed by atoms with Gasteiger partial charge in [-0.2, -0.15) is 0 Å². The minimum Gasteiger partial charge on any atom is -0.481 e. The van der Waals surface area contributed by atoms with Crippen molar-refractivity contribution in [3.05, 3.63) is 42.2 Å². The van der Waals surface area contributed by atoms with Crippen molar-refractivity contribution in [2.75, 3.05) is 5.32 Å². The standard InChI is InChI=1S/C25H23F2N5O3/c1-11(33)32-7-6-15-22(29-20-13-4-2-12(3-5-13)19(20)25(34)35)30-23(31-24(15)32)17-10-28-21-16(17)8-14(26)9-18(21)27/h6-10,12-13,19-20,28H,2-5H2,1H3,(H,34,35)(H,29,30,31)/t12?,13?,19-,20?/m1/s1. The molecule has 0 saturated heterocycles. The molecule has 0 spiro atoms. The number of nitrogens with one attached hydrogen (secondary N) is 2. The van der Waals surface area contributed by atoms with Gasteiger partial charge in [0.05, 0.1) is 16.8 Å². The number of rotatable bonds is 4. The molecule has 2 bridgehead atoms. The van der Waals surface area contributed by atoms with Crippen molar-refractivity contribution < 1.29 is 23.5 Å². The van der Waals surface area contributed by atoms with Gasteiger partial charge >= 0.3 is 5.97 Å². The molecular weight excluding hydrogens is 456 g/mol. The lowest BCUT2D eigenvalue weighted by Crippen LogP contribution is -2.51. The van der Waals surface area contributed by atoms with Crippen molar-refractivity contribution in [3.63, 3.8) is 0 Å². The Morgan fingerprint density at radius 3 is 2.57 bits per heavy atom. The number of fused-ring (bicyclic) bond motifs is 5. The van der Waals surface area contributed by atoms with Crippen LogP contribution in [-0.4, -0.2) is 42.5 Å². The van der Waals surface area contributed by atoms with Crippen LogP contribution in [0, 0.1) is 29.4 Å². The molecule has 10 heteroatoms. The minimum absolute atomic E-state index is 0.105. The predicted molar refractivity (Wildman–Crippen MR) is 125 cm³/mol. The van der Waals surface area contributed by atoms with E-state index in [0.717, 1.165) is 31.7 Å². The topological polar surface area (TPSA) is 113 Å². The summed E-state index contributed by atoms with van der Waals surface area (Å²) in [6.45, 7) is 1.41. The molecule has 3 aliphatic carbocycles. The maximum absolute atomic E-state index is 14.3. The smallest absolute Gasteiger partial charge is 0.308 e. The second kappa shape index (κ2) is 7.86. The molecular formula is C25H23F2N5O3. The van der Waals surface area contributed by atoms with Crippen molar-refractivity contribution in [2.45, 2.75) is 38.6 Å². The van der Waals surface area contributed by atoms with Crippen LogP contribution < -0.4 is 5.32 Å². The summed E-state index contributed by atoms with van der Waals surface area (Å²) in [5.41, 5.74) is 0.834. The third-order valence-electron chi connectivity index (χ3n) is 7.64. The van der Waals surface area contributed by atoms with Gasteiger partial charge < -0.3 is 15.4 Å². The molecule has 0 amide bonds. The molecule has 3 N–H and O–H groups in total. The maximum Gasteiger partial charge on any atom is 0.308 e. The molecule has 0 aliphatic heterocycles. The number of benzene rings is 1. The van der Waals surface area contributed by atoms with Crippen LogP contribution in [0.4, 0.5) is 14.6 Å². The first-order valence-electron chi connectivity index (χ1n) is 11.7. The monoisotopic (exact) mass is 479 g/mol. The Kier molecular flexibility index (Phi) is 4.87. The van der Waals surface area contributed by atoms with E-state index in [2.05, 4.69) is 15.3 Å². The van der Waals surface area contributed by atoms with Gasteiger partial charge in [-0.3, -0.25) is 14.2 Å². The molecule has 0 radical (unpaired) electrons. The zero-order valence-corrected chi connectivity index (χ0v) is 18.9. The van der Waals surface area contributed by atoms with E-state index in [4.69, 9.17) is 4.98 Å². The van der Waals surface area contributed by atoms with Crippen LogP contribution in [0.1, 0.15) is 37.4 Å². The predicted octanol–water partition coefficient (Wildman–Crippen LogP) is 4.82. The van der Waals surface area contributed by atoms with E-state index in [-0.39, 0.29) is 40.5 Å². The van der Waals surface area contributed by atoms with Gasteiger partial charge in [0, 0.05) is 42.4 Å². The fourth-order valence-corrected chi connectivity index (χ4v) is 6.01. The molecule has 3 aliphatic rings. The number of halogens is 2. The normalized spacial score (nSPS) is 23.7. The lowest BCUT2D eigenvalue weighted by atomic mass is 9.61. The Labute approximate surface area is 198 Å². The number of carbonyl (C=O) groups is 2. The molecule has 3 aromatic heterocycles. The van der Waals surface area contributed by atoms with E-state index in [0.29, 0.717) is 22.4 Å². The van der Waals surface area contributed by atoms with Gasteiger partial charge in [0.25, 0.3) is 0 Å². The van der Waals surface area contributed by atoms with Crippen molar-refractivity contribution in [3.8, 4) is 11.4 Å². The molecule has 3 saturated carbocycles. The number of aromatic amines is 1. The van der Waals surface area contributed by atoms with Crippen molar-refractivity contribution in [1.82, 2.24) is 19.5 Å². The van der Waals surface area contributed by atoms with Gasteiger partial charge in [-0.15, -0.1) is 0 Å². The highest BCUT2D eigenvalue weighted by atomic mass is 19.1. The van der Waals surface area contributed by atoms with Crippen LogP contribution in [-0.2, 0) is 4.79 Å². The summed E-state index contributed by atoms with van der Waals surface area (Å²) in [6.07, 6.45) is 6.79. The van der Waals surface area contributed by atoms with Crippen LogP contribution >= 0.6 is 0 Å². The first kappa shape index (κ1) is 21.7. The minimum atomic E-state index is -0.827. The number of hydrogen-bond acceptors (Lipinski definition) is 5. The van der Waals surface area contributed by atoms with Crippen LogP contribution in [0.25, 0.3) is 33.3 Å². The highest BCUT2D eigenvalue weighted by Crippen LogP contribution is 2.46. The average molecular weight is 479 g/mol. The molecule has 3 fully saturated rings. The Balaban J connectivity index is 1.53. The number of carbonyl (C=O) groups excluding carboxylic acids is 1. The van der Waals surface area contributed by atoms with Crippen molar-refractivity contribution in [1.29, 1.82) is 0 Å². The van der Waals surface area contributed by atoms with Gasteiger partial charge in [-0.05, 0) is 49.7 Å². The maximum atomic E-state index is 14.3. The summed E-state index contributed by atoms with van der Waals surface area (Å²) in [7, 11) is 0. The Morgan fingerprint density at radius 2 is 1.86 bits per heavy atom. The Hall–Kier alpha value is -3.82. The van der Waals surface area contributed by atoms with E-state index >= 15 is 0 Å². The van der Waals surface area contributed by atoms with E-state index in [1.165, 1.54) is 23.8 Å². The van der Waals surface area contributed by atoms with E-state index in [9.17, 15) is 23.5 Å². The van der Waals surface area contributed by atoms with Gasteiger partial charge in [-0.25, -0.2) is 18.7 Å². The molecule has 35 heavy (non-hydrogen) atoms. The summed E-state index contributed by atoms with van der Waals surface area (Å²) in [4.78, 5) is 36.5. The van der Waals surface area contributed by atoms with Crippen LogP contribution in [0.3, 0.4) is 0 Å². The lowest BCUT2D eigenvalue weighted by molar-refractivity contribution is -0.148. The lowest BCUT2D eigenvalue weighted by Gasteiger charge is -2.47. The molecule has 180 valence electrons. The fourth-order valence-electron chi connectivity index (χ4n) is 6.01. The van der Waals surface area contributed by atoms with Crippen LogP contribution in [0.2, 0.25) is 0 Å². The molecule has 2 atom stereocenters. The van der Waals surface area contributed by atoms with Crippen LogP contribution in [0.15, 0.2) is 30.6 Å². The highest BCUT2D eigenvalue weighted by molar-refractivity contribution is 5.99. The first-order valence-corrected chi connectivity index (χ1v) is 11.7. The van der Waals surface area contributed by atoms with E-state index < -0.39 is 23.5 Å². The number of carboxylic acid groups (broad SMARTS) is 1. The van der Waals surface area contributed by atoms with Gasteiger partial charge in [0.2, 0.25) is 5.91 Å². The number of H-pyrrole nitrogens is 1. The molecule has 1 aromatic carbocycles. The number of carboxylic acids is 1. The molecule has 1 unspecified atom stereocenters. The summed E-state index contributed by atoms with van der Waals surface area (Å²) in [6, 6.07) is 3.40. The number of nitrogens with zero attached hydrogens (tertiary/aromatic N) is 3. The fraction of sp³-hybridized carbons (Fsp3) is 0.360. The van der Waals surface area contributed by atoms with Crippen molar-refractivity contribution in [2.24, 2.45) is 17.8 Å². The molecule has 3 heterocycles. The SMILES string of the molecule is CC(=O)n1ccc2c(NC3C4CCC(CC4)[C@H]3C(=O)O)nc(-c3c[nH]c4c(F)cc(F)cc34)nc21. The van der Waals surface area contributed by atoms with Crippen LogP contribution in [0.5, 0.6) is 0 Å². The third-order valence-corrected chi connectivity index (χ3v) is 7.64. The molecule has 8 nitrogen and oxygen atoms in total. The second-order valence-electron chi connectivity index (χ2n) is 9.56. The number of anilines is 1. The van der Waals surface area contributed by atoms with Crippen molar-refractivity contribution >= 4 is 39.6 Å². The number of hydrogen-bond donors (Lipinski definition) is 3. The summed E-state index contributed by atoms with van der Waals surface area (Å²) < 4.78 is 29.7. The molecule has 4 aromatic rings.